The van der Waals surface area contributed by atoms with Crippen LogP contribution in [0, 0.1) is 5.92 Å². The molecule has 0 radical (unpaired) electrons. The lowest BCUT2D eigenvalue weighted by Crippen LogP contribution is -2.54. The molecular formula is C10H17NO. The molecule has 3 aliphatic rings. The zero-order valence-electron chi connectivity index (χ0n) is 7.86. The normalized spacial score (nSPS) is 41.3. The van der Waals surface area contributed by atoms with E-state index < -0.39 is 0 Å². The maximum atomic E-state index is 4.94. The van der Waals surface area contributed by atoms with E-state index in [4.69, 9.17) is 4.74 Å². The molecule has 0 amide bonds. The number of ether oxygens (including phenoxy) is 1. The van der Waals surface area contributed by atoms with Crippen LogP contribution in [-0.2, 0) is 4.74 Å². The van der Waals surface area contributed by atoms with Crippen LogP contribution in [-0.4, -0.2) is 31.1 Å². The maximum Gasteiger partial charge on any atom is 0.0800 e. The summed E-state index contributed by atoms with van der Waals surface area (Å²) in [4.78, 5) is 2.48. The predicted octanol–water partition coefficient (Wildman–Crippen LogP) is 1.63. The topological polar surface area (TPSA) is 12.5 Å². The Morgan fingerprint density at radius 1 is 1.33 bits per heavy atom. The minimum atomic E-state index is 0.627. The lowest BCUT2D eigenvalue weighted by Gasteiger charge is -2.51. The average molecular weight is 167 g/mol. The maximum absolute atomic E-state index is 4.94. The monoisotopic (exact) mass is 167 g/mol. The standard InChI is InChI=1S/C10H17NO/c1-11-9(3-4-12-2)5-8-6-10(11)7-8/h3-4,8-10H,5-7H2,1-2H3/b4-3+. The summed E-state index contributed by atoms with van der Waals surface area (Å²) >= 11 is 0. The zero-order valence-corrected chi connectivity index (χ0v) is 7.86. The van der Waals surface area contributed by atoms with Gasteiger partial charge in [0.15, 0.2) is 0 Å². The van der Waals surface area contributed by atoms with Gasteiger partial charge in [0.2, 0.25) is 0 Å². The van der Waals surface area contributed by atoms with E-state index in [9.17, 15) is 0 Å². The van der Waals surface area contributed by atoms with Crippen molar-refractivity contribution in [1.29, 1.82) is 0 Å². The molecule has 2 nitrogen and oxygen atoms in total. The molecule has 2 aliphatic heterocycles. The number of hydrogen-bond acceptors (Lipinski definition) is 2. The van der Waals surface area contributed by atoms with Gasteiger partial charge in [-0.05, 0) is 38.3 Å². The Bertz CT molecular complexity index is 184. The summed E-state index contributed by atoms with van der Waals surface area (Å²) in [5.74, 6) is 0.998. The van der Waals surface area contributed by atoms with Crippen molar-refractivity contribution < 1.29 is 4.74 Å². The Balaban J connectivity index is 1.94. The number of likely N-dealkylation sites (N-methyl/N-ethyl adjacent to an activating group) is 1. The summed E-state index contributed by atoms with van der Waals surface area (Å²) in [5.41, 5.74) is 0. The molecule has 0 spiro atoms. The Kier molecular flexibility index (Phi) is 2.09. The molecule has 1 unspecified atom stereocenters. The SMILES string of the molecule is CO/C=C/C1CC2CC(C2)N1C. The van der Waals surface area contributed by atoms with E-state index in [-0.39, 0.29) is 0 Å². The lowest BCUT2D eigenvalue weighted by atomic mass is 9.71. The molecular weight excluding hydrogens is 150 g/mol. The van der Waals surface area contributed by atoms with Crippen molar-refractivity contribution in [3.05, 3.63) is 12.3 Å². The Hall–Kier alpha value is -0.500. The van der Waals surface area contributed by atoms with Gasteiger partial charge in [0.05, 0.1) is 13.4 Å². The van der Waals surface area contributed by atoms with Crippen LogP contribution in [0.3, 0.4) is 0 Å². The highest BCUT2D eigenvalue weighted by molar-refractivity contribution is 5.03. The van der Waals surface area contributed by atoms with Gasteiger partial charge in [-0.1, -0.05) is 0 Å². The highest BCUT2D eigenvalue weighted by Crippen LogP contribution is 2.41. The van der Waals surface area contributed by atoms with Crippen molar-refractivity contribution in [1.82, 2.24) is 4.90 Å². The second-order valence-corrected chi connectivity index (χ2v) is 4.02. The number of hydrogen-bond donors (Lipinski definition) is 0. The van der Waals surface area contributed by atoms with Gasteiger partial charge in [0.25, 0.3) is 0 Å². The van der Waals surface area contributed by atoms with Gasteiger partial charge in [0.1, 0.15) is 0 Å². The van der Waals surface area contributed by atoms with Gasteiger partial charge >= 0.3 is 0 Å². The molecule has 3 rings (SSSR count). The van der Waals surface area contributed by atoms with Crippen molar-refractivity contribution in [3.63, 3.8) is 0 Å². The zero-order chi connectivity index (χ0) is 8.55. The van der Waals surface area contributed by atoms with E-state index >= 15 is 0 Å². The summed E-state index contributed by atoms with van der Waals surface area (Å²) in [5, 5.41) is 0. The fourth-order valence-electron chi connectivity index (χ4n) is 2.39. The molecule has 2 saturated heterocycles. The fourth-order valence-corrected chi connectivity index (χ4v) is 2.39. The number of piperidine rings is 2. The van der Waals surface area contributed by atoms with Gasteiger partial charge in [-0.15, -0.1) is 0 Å². The molecule has 3 fully saturated rings. The van der Waals surface area contributed by atoms with Crippen LogP contribution in [0.25, 0.3) is 0 Å². The van der Waals surface area contributed by atoms with Crippen molar-refractivity contribution in [2.75, 3.05) is 14.2 Å². The highest BCUT2D eigenvalue weighted by Gasteiger charge is 2.40. The van der Waals surface area contributed by atoms with Crippen molar-refractivity contribution in [2.24, 2.45) is 5.92 Å². The van der Waals surface area contributed by atoms with Crippen LogP contribution in [0.5, 0.6) is 0 Å². The second-order valence-electron chi connectivity index (χ2n) is 4.02. The highest BCUT2D eigenvalue weighted by atomic mass is 16.5. The first-order chi connectivity index (χ1) is 5.81. The van der Waals surface area contributed by atoms with Crippen LogP contribution in [0.4, 0.5) is 0 Å². The molecule has 0 aromatic heterocycles. The van der Waals surface area contributed by atoms with Gasteiger partial charge in [-0.2, -0.15) is 0 Å². The van der Waals surface area contributed by atoms with Crippen molar-refractivity contribution >= 4 is 0 Å². The van der Waals surface area contributed by atoms with E-state index in [1.165, 1.54) is 19.3 Å². The molecule has 68 valence electrons. The quantitative estimate of drug-likeness (QED) is 0.580. The molecule has 0 aromatic carbocycles. The van der Waals surface area contributed by atoms with Crippen LogP contribution < -0.4 is 0 Å². The van der Waals surface area contributed by atoms with Gasteiger partial charge < -0.3 is 4.74 Å². The molecule has 2 heterocycles. The molecule has 2 heteroatoms. The van der Waals surface area contributed by atoms with Crippen LogP contribution in [0.15, 0.2) is 12.3 Å². The predicted molar refractivity (Wildman–Crippen MR) is 48.8 cm³/mol. The fraction of sp³-hybridized carbons (Fsp3) is 0.800. The summed E-state index contributed by atoms with van der Waals surface area (Å²) in [6.07, 6.45) is 8.17. The molecule has 12 heavy (non-hydrogen) atoms. The van der Waals surface area contributed by atoms with Crippen molar-refractivity contribution in [3.8, 4) is 0 Å². The molecule has 1 saturated carbocycles. The van der Waals surface area contributed by atoms with Crippen LogP contribution in [0.1, 0.15) is 19.3 Å². The summed E-state index contributed by atoms with van der Waals surface area (Å²) in [6, 6.07) is 1.48. The van der Waals surface area contributed by atoms with E-state index in [1.807, 2.05) is 6.26 Å². The van der Waals surface area contributed by atoms with Crippen molar-refractivity contribution in [2.45, 2.75) is 31.3 Å². The number of methoxy groups -OCH3 is 1. The molecule has 0 aromatic rings. The first kappa shape index (κ1) is 8.11. The van der Waals surface area contributed by atoms with Gasteiger partial charge in [-0.25, -0.2) is 0 Å². The van der Waals surface area contributed by atoms with Gasteiger partial charge in [0, 0.05) is 12.1 Å². The number of fused-ring (bicyclic) bond motifs is 2. The number of nitrogens with zero attached hydrogens (tertiary/aromatic N) is 1. The third kappa shape index (κ3) is 1.24. The minimum absolute atomic E-state index is 0.627. The summed E-state index contributed by atoms with van der Waals surface area (Å²) in [6.45, 7) is 0. The van der Waals surface area contributed by atoms with Crippen LogP contribution in [0.2, 0.25) is 0 Å². The Morgan fingerprint density at radius 2 is 2.08 bits per heavy atom. The van der Waals surface area contributed by atoms with E-state index in [2.05, 4.69) is 18.0 Å². The summed E-state index contributed by atoms with van der Waals surface area (Å²) in [7, 11) is 3.94. The first-order valence-electron chi connectivity index (χ1n) is 4.72. The van der Waals surface area contributed by atoms with E-state index in [0.29, 0.717) is 6.04 Å². The molecule has 2 bridgehead atoms. The Morgan fingerprint density at radius 3 is 2.67 bits per heavy atom. The van der Waals surface area contributed by atoms with Crippen LogP contribution >= 0.6 is 0 Å². The number of rotatable bonds is 2. The third-order valence-electron chi connectivity index (χ3n) is 3.32. The molecule has 1 atom stereocenters. The van der Waals surface area contributed by atoms with Gasteiger partial charge in [-0.3, -0.25) is 4.90 Å². The summed E-state index contributed by atoms with van der Waals surface area (Å²) < 4.78 is 4.94. The average Bonchev–Trinajstić information content (AvgIpc) is 2.00. The minimum Gasteiger partial charge on any atom is -0.505 e. The Labute approximate surface area is 74.2 Å². The largest absolute Gasteiger partial charge is 0.505 e. The smallest absolute Gasteiger partial charge is 0.0800 e. The van der Waals surface area contributed by atoms with E-state index in [1.54, 1.807) is 7.11 Å². The molecule has 1 aliphatic carbocycles. The third-order valence-corrected chi connectivity index (χ3v) is 3.32. The lowest BCUT2D eigenvalue weighted by molar-refractivity contribution is 0.00467. The van der Waals surface area contributed by atoms with E-state index in [0.717, 1.165) is 12.0 Å². The first-order valence-corrected chi connectivity index (χ1v) is 4.72. The second kappa shape index (κ2) is 3.09. The molecule has 0 N–H and O–H groups in total.